The summed E-state index contributed by atoms with van der Waals surface area (Å²) in [6, 6.07) is 15.3. The minimum Gasteiger partial charge on any atom is -0.490 e. The quantitative estimate of drug-likeness (QED) is 0.623. The van der Waals surface area contributed by atoms with Gasteiger partial charge in [-0.05, 0) is 74.2 Å². The lowest BCUT2D eigenvalue weighted by Gasteiger charge is -2.13. The molecule has 0 radical (unpaired) electrons. The predicted octanol–water partition coefficient (Wildman–Crippen LogP) is 5.78. The molecule has 2 aromatic carbocycles. The van der Waals surface area contributed by atoms with Gasteiger partial charge in [0.25, 0.3) is 0 Å². The van der Waals surface area contributed by atoms with Crippen LogP contribution in [0.5, 0.6) is 5.75 Å². The summed E-state index contributed by atoms with van der Waals surface area (Å²) < 4.78 is 5.93. The minimum absolute atomic E-state index is 0.0194. The van der Waals surface area contributed by atoms with Crippen LogP contribution in [0.2, 0.25) is 5.02 Å². The van der Waals surface area contributed by atoms with Gasteiger partial charge >= 0.3 is 0 Å². The number of carbonyl (C=O) groups excluding carboxylic acids is 1. The average molecular weight is 376 g/mol. The average Bonchev–Trinajstić information content (AvgIpc) is 3.11. The smallest absolute Gasteiger partial charge is 0.225 e. The minimum atomic E-state index is 0.0194. The standard InChI is InChI=1S/C20H22ClNO2S/c21-15-5-11-19(12-6-15)25-14-13-20(23)22-16-7-9-18(10-8-16)24-17-3-1-2-4-17/h5-12,17H,1-4,13-14H2,(H,22,23). The van der Waals surface area contributed by atoms with E-state index in [1.54, 1.807) is 11.8 Å². The van der Waals surface area contributed by atoms with Gasteiger partial charge in [-0.15, -0.1) is 11.8 Å². The molecule has 0 aliphatic heterocycles. The van der Waals surface area contributed by atoms with Crippen molar-refractivity contribution in [2.45, 2.75) is 43.1 Å². The van der Waals surface area contributed by atoms with E-state index in [-0.39, 0.29) is 5.91 Å². The lowest BCUT2D eigenvalue weighted by molar-refractivity contribution is -0.115. The van der Waals surface area contributed by atoms with Gasteiger partial charge in [0.1, 0.15) is 5.75 Å². The van der Waals surface area contributed by atoms with Gasteiger partial charge < -0.3 is 10.1 Å². The molecule has 2 aromatic rings. The van der Waals surface area contributed by atoms with Crippen LogP contribution >= 0.6 is 23.4 Å². The number of amides is 1. The molecule has 0 bridgehead atoms. The Bertz CT molecular complexity index is 682. The maximum Gasteiger partial charge on any atom is 0.225 e. The monoisotopic (exact) mass is 375 g/mol. The van der Waals surface area contributed by atoms with E-state index in [1.807, 2.05) is 48.5 Å². The molecule has 0 atom stereocenters. The van der Waals surface area contributed by atoms with E-state index in [0.717, 1.165) is 39.9 Å². The Morgan fingerprint density at radius 1 is 1.08 bits per heavy atom. The summed E-state index contributed by atoms with van der Waals surface area (Å²) in [4.78, 5) is 13.2. The predicted molar refractivity (Wildman–Crippen MR) is 105 cm³/mol. The van der Waals surface area contributed by atoms with Crippen LogP contribution in [0.15, 0.2) is 53.4 Å². The number of halogens is 1. The van der Waals surface area contributed by atoms with Crippen molar-refractivity contribution >= 4 is 35.0 Å². The summed E-state index contributed by atoms with van der Waals surface area (Å²) in [5.74, 6) is 1.63. The second-order valence-electron chi connectivity index (χ2n) is 6.15. The molecule has 1 amide bonds. The van der Waals surface area contributed by atoms with E-state index in [9.17, 15) is 4.79 Å². The molecule has 1 N–H and O–H groups in total. The third-order valence-electron chi connectivity index (χ3n) is 4.15. The van der Waals surface area contributed by atoms with Crippen LogP contribution in [0.4, 0.5) is 5.69 Å². The summed E-state index contributed by atoms with van der Waals surface area (Å²) in [5.41, 5.74) is 0.806. The number of carbonyl (C=O) groups is 1. The number of thioether (sulfide) groups is 1. The van der Waals surface area contributed by atoms with Gasteiger partial charge in [0.05, 0.1) is 6.10 Å². The number of nitrogens with one attached hydrogen (secondary N) is 1. The highest BCUT2D eigenvalue weighted by Crippen LogP contribution is 2.25. The summed E-state index contributed by atoms with van der Waals surface area (Å²) in [6.07, 6.45) is 5.62. The number of anilines is 1. The Balaban J connectivity index is 1.40. The third kappa shape index (κ3) is 5.98. The maximum atomic E-state index is 12.0. The molecule has 0 unspecified atom stereocenters. The van der Waals surface area contributed by atoms with E-state index >= 15 is 0 Å². The Morgan fingerprint density at radius 3 is 2.44 bits per heavy atom. The lowest BCUT2D eigenvalue weighted by atomic mass is 10.2. The van der Waals surface area contributed by atoms with Crippen LogP contribution < -0.4 is 10.1 Å². The largest absolute Gasteiger partial charge is 0.490 e. The van der Waals surface area contributed by atoms with Crippen molar-refractivity contribution in [2.24, 2.45) is 0 Å². The van der Waals surface area contributed by atoms with Crippen molar-refractivity contribution in [1.29, 1.82) is 0 Å². The molecule has 132 valence electrons. The van der Waals surface area contributed by atoms with Crippen molar-refractivity contribution < 1.29 is 9.53 Å². The Morgan fingerprint density at radius 2 is 1.76 bits per heavy atom. The van der Waals surface area contributed by atoms with Crippen molar-refractivity contribution in [1.82, 2.24) is 0 Å². The van der Waals surface area contributed by atoms with Crippen LogP contribution in [0.3, 0.4) is 0 Å². The Hall–Kier alpha value is -1.65. The van der Waals surface area contributed by atoms with E-state index < -0.39 is 0 Å². The molecule has 1 fully saturated rings. The molecule has 3 rings (SSSR count). The molecule has 1 saturated carbocycles. The van der Waals surface area contributed by atoms with E-state index in [0.29, 0.717) is 12.5 Å². The van der Waals surface area contributed by atoms with Gasteiger partial charge in [-0.25, -0.2) is 0 Å². The van der Waals surface area contributed by atoms with Gasteiger partial charge in [0, 0.05) is 27.8 Å². The molecule has 3 nitrogen and oxygen atoms in total. The van der Waals surface area contributed by atoms with E-state index in [4.69, 9.17) is 16.3 Å². The van der Waals surface area contributed by atoms with Gasteiger partial charge in [-0.1, -0.05) is 11.6 Å². The first-order valence-electron chi connectivity index (χ1n) is 8.64. The summed E-state index contributed by atoms with van der Waals surface area (Å²) >= 11 is 7.51. The SMILES string of the molecule is O=C(CCSc1ccc(Cl)cc1)Nc1ccc(OC2CCCC2)cc1. The molecule has 5 heteroatoms. The first-order chi connectivity index (χ1) is 12.2. The summed E-state index contributed by atoms with van der Waals surface area (Å²) in [6.45, 7) is 0. The van der Waals surface area contributed by atoms with Crippen molar-refractivity contribution in [3.05, 3.63) is 53.6 Å². The lowest BCUT2D eigenvalue weighted by Crippen LogP contribution is -2.13. The van der Waals surface area contributed by atoms with Crippen molar-refractivity contribution in [3.8, 4) is 5.75 Å². The van der Waals surface area contributed by atoms with Crippen LogP contribution in [-0.4, -0.2) is 17.8 Å². The Labute approximate surface area is 158 Å². The fourth-order valence-corrected chi connectivity index (χ4v) is 3.81. The fourth-order valence-electron chi connectivity index (χ4n) is 2.83. The molecular weight excluding hydrogens is 354 g/mol. The number of hydrogen-bond donors (Lipinski definition) is 1. The highest BCUT2D eigenvalue weighted by atomic mass is 35.5. The zero-order valence-corrected chi connectivity index (χ0v) is 15.6. The maximum absolute atomic E-state index is 12.0. The highest BCUT2D eigenvalue weighted by Gasteiger charge is 2.16. The van der Waals surface area contributed by atoms with E-state index in [1.165, 1.54) is 12.8 Å². The number of benzene rings is 2. The van der Waals surface area contributed by atoms with Crippen molar-refractivity contribution in [3.63, 3.8) is 0 Å². The molecule has 1 aliphatic rings. The fraction of sp³-hybridized carbons (Fsp3) is 0.350. The van der Waals surface area contributed by atoms with Crippen LogP contribution in [0.25, 0.3) is 0 Å². The van der Waals surface area contributed by atoms with Crippen LogP contribution in [-0.2, 0) is 4.79 Å². The van der Waals surface area contributed by atoms with Crippen LogP contribution in [0, 0.1) is 0 Å². The zero-order chi connectivity index (χ0) is 17.5. The molecule has 25 heavy (non-hydrogen) atoms. The second kappa shape index (κ2) is 9.16. The van der Waals surface area contributed by atoms with Gasteiger partial charge in [0.15, 0.2) is 0 Å². The van der Waals surface area contributed by atoms with Gasteiger partial charge in [0.2, 0.25) is 5.91 Å². The molecular formula is C20H22ClNO2S. The Kier molecular flexibility index (Phi) is 6.65. The molecule has 1 aliphatic carbocycles. The first kappa shape index (κ1) is 18.2. The summed E-state index contributed by atoms with van der Waals surface area (Å²) in [5, 5.41) is 3.65. The molecule has 0 saturated heterocycles. The van der Waals surface area contributed by atoms with Gasteiger partial charge in [-0.3, -0.25) is 4.79 Å². The normalized spacial score (nSPS) is 14.4. The third-order valence-corrected chi connectivity index (χ3v) is 5.42. The number of rotatable bonds is 7. The first-order valence-corrected chi connectivity index (χ1v) is 10.0. The highest BCUT2D eigenvalue weighted by molar-refractivity contribution is 7.99. The molecule has 0 aromatic heterocycles. The second-order valence-corrected chi connectivity index (χ2v) is 7.75. The van der Waals surface area contributed by atoms with Crippen LogP contribution in [0.1, 0.15) is 32.1 Å². The zero-order valence-electron chi connectivity index (χ0n) is 14.0. The molecule has 0 spiro atoms. The number of ether oxygens (including phenoxy) is 1. The number of hydrogen-bond acceptors (Lipinski definition) is 3. The topological polar surface area (TPSA) is 38.3 Å². The molecule has 0 heterocycles. The summed E-state index contributed by atoms with van der Waals surface area (Å²) in [7, 11) is 0. The van der Waals surface area contributed by atoms with E-state index in [2.05, 4.69) is 5.32 Å². The van der Waals surface area contributed by atoms with Gasteiger partial charge in [-0.2, -0.15) is 0 Å². The van der Waals surface area contributed by atoms with Crippen molar-refractivity contribution in [2.75, 3.05) is 11.1 Å².